The Morgan fingerprint density at radius 3 is 2.61 bits per heavy atom. The third-order valence-corrected chi connectivity index (χ3v) is 2.01. The van der Waals surface area contributed by atoms with Crippen LogP contribution in [0.5, 0.6) is 0 Å². The van der Waals surface area contributed by atoms with E-state index in [0.29, 0.717) is 6.20 Å². The number of nitrogens with zero attached hydrogens (tertiary/aromatic N) is 2. The zero-order chi connectivity index (χ0) is 13.9. The van der Waals surface area contributed by atoms with Crippen LogP contribution < -0.4 is 4.72 Å². The molecule has 0 radical (unpaired) electrons. The van der Waals surface area contributed by atoms with Gasteiger partial charge in [-0.05, 0) is 6.92 Å². The molecule has 1 rings (SSSR count). The number of nitrogens with one attached hydrogen (secondary N) is 1. The maximum Gasteiger partial charge on any atom is 0.434 e. The van der Waals surface area contributed by atoms with Crippen LogP contribution in [-0.4, -0.2) is 28.4 Å². The summed E-state index contributed by atoms with van der Waals surface area (Å²) in [4.78, 5) is 22.4. The lowest BCUT2D eigenvalue weighted by atomic mass is 10.2. The molecule has 1 N–H and O–H groups in total. The standard InChI is InChI=1S/C8H8F3N3O3S/c1-2-17-6(15)4-3-12-14(7(16)13-18)5(4)8(9,10)11/h3,18H,2H2,1H3,(H,13,16). The van der Waals surface area contributed by atoms with Crippen LogP contribution >= 0.6 is 12.8 Å². The molecule has 0 aliphatic carbocycles. The van der Waals surface area contributed by atoms with E-state index in [-0.39, 0.29) is 11.3 Å². The first-order chi connectivity index (χ1) is 8.32. The SMILES string of the molecule is CCOC(=O)c1cnn(C(=O)NS)c1C(F)(F)F. The number of alkyl halides is 3. The molecule has 0 aliphatic rings. The Morgan fingerprint density at radius 1 is 1.56 bits per heavy atom. The number of ether oxygens (including phenoxy) is 1. The van der Waals surface area contributed by atoms with Gasteiger partial charge in [-0.3, -0.25) is 4.72 Å². The van der Waals surface area contributed by atoms with Crippen LogP contribution in [0.1, 0.15) is 23.0 Å². The molecule has 6 nitrogen and oxygen atoms in total. The van der Waals surface area contributed by atoms with E-state index >= 15 is 0 Å². The molecule has 0 saturated heterocycles. The number of hydrogen-bond donors (Lipinski definition) is 2. The Labute approximate surface area is 105 Å². The molecule has 1 aromatic heterocycles. The van der Waals surface area contributed by atoms with Crippen molar-refractivity contribution in [1.82, 2.24) is 14.5 Å². The van der Waals surface area contributed by atoms with Gasteiger partial charge in [0.05, 0.1) is 12.8 Å². The molecular formula is C8H8F3N3O3S. The second-order valence-corrected chi connectivity index (χ2v) is 3.18. The Bertz CT molecular complexity index is 472. The number of halogens is 3. The fourth-order valence-corrected chi connectivity index (χ4v) is 1.28. The minimum atomic E-state index is -4.93. The van der Waals surface area contributed by atoms with Crippen LogP contribution in [0.2, 0.25) is 0 Å². The van der Waals surface area contributed by atoms with Gasteiger partial charge < -0.3 is 4.74 Å². The highest BCUT2D eigenvalue weighted by Gasteiger charge is 2.42. The lowest BCUT2D eigenvalue weighted by molar-refractivity contribution is -0.143. The molecule has 0 saturated carbocycles. The van der Waals surface area contributed by atoms with Crippen molar-refractivity contribution in [1.29, 1.82) is 0 Å². The van der Waals surface area contributed by atoms with Gasteiger partial charge in [-0.15, -0.1) is 0 Å². The Balaban J connectivity index is 3.33. The molecule has 0 spiro atoms. The van der Waals surface area contributed by atoms with E-state index in [1.807, 2.05) is 0 Å². The summed E-state index contributed by atoms with van der Waals surface area (Å²) in [5, 5.41) is 3.19. The van der Waals surface area contributed by atoms with Crippen LogP contribution in [0.4, 0.5) is 18.0 Å². The summed E-state index contributed by atoms with van der Waals surface area (Å²) in [5.41, 5.74) is -2.34. The van der Waals surface area contributed by atoms with Crippen molar-refractivity contribution in [3.63, 3.8) is 0 Å². The minimum absolute atomic E-state index is 0.000741. The first-order valence-electron chi connectivity index (χ1n) is 4.59. The summed E-state index contributed by atoms with van der Waals surface area (Å²) in [6, 6.07) is -1.23. The van der Waals surface area contributed by atoms with Gasteiger partial charge in [0.15, 0.2) is 5.69 Å². The van der Waals surface area contributed by atoms with Gasteiger partial charge in [-0.2, -0.15) is 23.0 Å². The van der Waals surface area contributed by atoms with Crippen molar-refractivity contribution in [2.24, 2.45) is 0 Å². The number of hydrogen-bond acceptors (Lipinski definition) is 5. The first kappa shape index (κ1) is 14.4. The zero-order valence-electron chi connectivity index (χ0n) is 8.98. The van der Waals surface area contributed by atoms with Crippen LogP contribution in [-0.2, 0) is 10.9 Å². The number of carbonyl (C=O) groups excluding carboxylic acids is 2. The molecule has 10 heteroatoms. The predicted molar refractivity (Wildman–Crippen MR) is 56.1 cm³/mol. The maximum absolute atomic E-state index is 12.8. The molecule has 18 heavy (non-hydrogen) atoms. The predicted octanol–water partition coefficient (Wildman–Crippen LogP) is 1.48. The Kier molecular flexibility index (Phi) is 4.22. The van der Waals surface area contributed by atoms with E-state index in [4.69, 9.17) is 0 Å². The fraction of sp³-hybridized carbons (Fsp3) is 0.375. The van der Waals surface area contributed by atoms with Crippen molar-refractivity contribution in [3.8, 4) is 0 Å². The van der Waals surface area contributed by atoms with Gasteiger partial charge in [0.1, 0.15) is 5.56 Å². The van der Waals surface area contributed by atoms with Crippen molar-refractivity contribution in [2.45, 2.75) is 13.1 Å². The maximum atomic E-state index is 12.8. The molecule has 1 heterocycles. The number of amides is 1. The second-order valence-electron chi connectivity index (χ2n) is 2.95. The Morgan fingerprint density at radius 2 is 2.17 bits per heavy atom. The number of rotatable bonds is 2. The van der Waals surface area contributed by atoms with Crippen molar-refractivity contribution in [2.75, 3.05) is 6.61 Å². The van der Waals surface area contributed by atoms with E-state index in [1.54, 1.807) is 4.72 Å². The van der Waals surface area contributed by atoms with E-state index in [1.165, 1.54) is 6.92 Å². The minimum Gasteiger partial charge on any atom is -0.462 e. The molecule has 0 aliphatic heterocycles. The van der Waals surface area contributed by atoms with E-state index in [9.17, 15) is 22.8 Å². The Hall–Kier alpha value is -1.71. The van der Waals surface area contributed by atoms with E-state index < -0.39 is 29.4 Å². The van der Waals surface area contributed by atoms with E-state index in [2.05, 4.69) is 22.7 Å². The molecule has 1 amide bonds. The highest BCUT2D eigenvalue weighted by atomic mass is 32.1. The highest BCUT2D eigenvalue weighted by molar-refractivity contribution is 7.78. The smallest absolute Gasteiger partial charge is 0.434 e. The quantitative estimate of drug-likeness (QED) is 0.637. The average Bonchev–Trinajstić information content (AvgIpc) is 2.72. The summed E-state index contributed by atoms with van der Waals surface area (Å²) in [7, 11) is 0. The number of esters is 1. The van der Waals surface area contributed by atoms with Crippen molar-refractivity contribution in [3.05, 3.63) is 17.5 Å². The molecule has 100 valence electrons. The second kappa shape index (κ2) is 5.29. The van der Waals surface area contributed by atoms with Gasteiger partial charge in [0, 0.05) is 0 Å². The normalized spacial score (nSPS) is 11.2. The van der Waals surface area contributed by atoms with Gasteiger partial charge in [0.2, 0.25) is 0 Å². The van der Waals surface area contributed by atoms with Crippen molar-refractivity contribution >= 4 is 24.8 Å². The summed E-state index contributed by atoms with van der Waals surface area (Å²) in [6.07, 6.45) is -4.32. The topological polar surface area (TPSA) is 73.2 Å². The van der Waals surface area contributed by atoms with Crippen LogP contribution in [0, 0.1) is 0 Å². The van der Waals surface area contributed by atoms with Gasteiger partial charge in [-0.1, -0.05) is 12.8 Å². The lowest BCUT2D eigenvalue weighted by Gasteiger charge is -2.10. The number of carbonyl (C=O) groups is 2. The summed E-state index contributed by atoms with van der Waals surface area (Å²) in [5.74, 6) is -1.21. The molecule has 0 atom stereocenters. The third kappa shape index (κ3) is 2.75. The third-order valence-electron chi connectivity index (χ3n) is 1.82. The highest BCUT2D eigenvalue weighted by Crippen LogP contribution is 2.32. The molecule has 0 aromatic carbocycles. The van der Waals surface area contributed by atoms with Gasteiger partial charge in [0.25, 0.3) is 0 Å². The van der Waals surface area contributed by atoms with Gasteiger partial charge >= 0.3 is 18.2 Å². The summed E-state index contributed by atoms with van der Waals surface area (Å²) in [6.45, 7) is 1.34. The summed E-state index contributed by atoms with van der Waals surface area (Å²) < 4.78 is 44.4. The van der Waals surface area contributed by atoms with Crippen LogP contribution in [0.15, 0.2) is 6.20 Å². The van der Waals surface area contributed by atoms with Gasteiger partial charge in [-0.25, -0.2) is 9.59 Å². The first-order valence-corrected chi connectivity index (χ1v) is 5.04. The van der Waals surface area contributed by atoms with E-state index in [0.717, 1.165) is 0 Å². The largest absolute Gasteiger partial charge is 0.462 e. The number of thiol groups is 1. The molecular weight excluding hydrogens is 275 g/mol. The molecule has 0 unspecified atom stereocenters. The molecule has 0 fully saturated rings. The molecule has 1 aromatic rings. The number of aromatic nitrogens is 2. The zero-order valence-corrected chi connectivity index (χ0v) is 9.88. The van der Waals surface area contributed by atoms with Crippen LogP contribution in [0.3, 0.4) is 0 Å². The monoisotopic (exact) mass is 283 g/mol. The summed E-state index contributed by atoms with van der Waals surface area (Å²) >= 11 is 3.33. The fourth-order valence-electron chi connectivity index (χ4n) is 1.18. The lowest BCUT2D eigenvalue weighted by Crippen LogP contribution is -2.28. The average molecular weight is 283 g/mol. The van der Waals surface area contributed by atoms with Crippen molar-refractivity contribution < 1.29 is 27.5 Å². The molecule has 0 bridgehead atoms. The van der Waals surface area contributed by atoms with Crippen LogP contribution in [0.25, 0.3) is 0 Å².